The van der Waals surface area contributed by atoms with E-state index in [9.17, 15) is 5.11 Å². The molecule has 4 heteroatoms. The van der Waals surface area contributed by atoms with Gasteiger partial charge in [-0.15, -0.1) is 11.3 Å². The van der Waals surface area contributed by atoms with Gasteiger partial charge < -0.3 is 5.11 Å². The van der Waals surface area contributed by atoms with Crippen LogP contribution < -0.4 is 0 Å². The third kappa shape index (κ3) is 3.20. The summed E-state index contributed by atoms with van der Waals surface area (Å²) in [6.45, 7) is 3.95. The maximum Gasteiger partial charge on any atom is 0.107 e. The van der Waals surface area contributed by atoms with Gasteiger partial charge in [-0.2, -0.15) is 0 Å². The van der Waals surface area contributed by atoms with Crippen molar-refractivity contribution in [1.29, 1.82) is 0 Å². The highest BCUT2D eigenvalue weighted by Gasteiger charge is 2.10. The minimum absolute atomic E-state index is 0.488. The molecule has 1 heterocycles. The van der Waals surface area contributed by atoms with Crippen LogP contribution in [0.25, 0.3) is 0 Å². The average Bonchev–Trinajstić information content (AvgIpc) is 2.31. The molecule has 0 aromatic carbocycles. The first kappa shape index (κ1) is 11.4. The molecule has 0 saturated heterocycles. The maximum absolute atomic E-state index is 9.72. The molecule has 1 N–H and O–H groups in total. The summed E-state index contributed by atoms with van der Waals surface area (Å²) < 4.78 is 2.01. The number of hydrogen-bond acceptors (Lipinski definition) is 2. The monoisotopic (exact) mass is 324 g/mol. The summed E-state index contributed by atoms with van der Waals surface area (Å²) in [5.74, 6) is 0. The molecule has 0 radical (unpaired) electrons. The summed E-state index contributed by atoms with van der Waals surface area (Å²) in [6.07, 6.45) is 1.35. The molecule has 1 rings (SSSR count). The Morgan fingerprint density at radius 3 is 2.54 bits per heavy atom. The fraction of sp³-hybridized carbons (Fsp3) is 0.333. The van der Waals surface area contributed by atoms with E-state index in [1.807, 2.05) is 26.0 Å². The Hall–Kier alpha value is 0.360. The van der Waals surface area contributed by atoms with Gasteiger partial charge in [0.1, 0.15) is 6.10 Å². The van der Waals surface area contributed by atoms with E-state index in [0.29, 0.717) is 0 Å². The third-order valence-corrected chi connectivity index (χ3v) is 4.77. The van der Waals surface area contributed by atoms with Crippen LogP contribution in [0.5, 0.6) is 0 Å². The maximum atomic E-state index is 9.72. The predicted octanol–water partition coefficient (Wildman–Crippen LogP) is 4.27. The minimum atomic E-state index is -0.488. The molecule has 0 aliphatic rings. The summed E-state index contributed by atoms with van der Waals surface area (Å²) in [5, 5.41) is 9.72. The first-order valence-electron chi connectivity index (χ1n) is 3.78. The van der Waals surface area contributed by atoms with Crippen LogP contribution in [0.3, 0.4) is 0 Å². The molecule has 0 amide bonds. The second-order valence-corrected chi connectivity index (χ2v) is 6.22. The van der Waals surface area contributed by atoms with Crippen molar-refractivity contribution < 1.29 is 5.11 Å². The SMILES string of the molecule is CC(C)=CC(O)c1cc(Br)c(Br)s1. The standard InChI is InChI=1S/C9H10Br2OS/c1-5(2)3-7(12)8-4-6(10)9(11)13-8/h3-4,7,12H,1-2H3. The lowest BCUT2D eigenvalue weighted by Crippen LogP contribution is -1.89. The zero-order valence-corrected chi connectivity index (χ0v) is 11.3. The smallest absolute Gasteiger partial charge is 0.107 e. The first-order valence-corrected chi connectivity index (χ1v) is 6.18. The van der Waals surface area contributed by atoms with Crippen LogP contribution in [-0.4, -0.2) is 5.11 Å². The Balaban J connectivity index is 2.89. The van der Waals surface area contributed by atoms with Gasteiger partial charge in [0.05, 0.1) is 3.79 Å². The molecule has 1 aromatic heterocycles. The molecule has 1 unspecified atom stereocenters. The van der Waals surface area contributed by atoms with Crippen molar-refractivity contribution in [2.24, 2.45) is 0 Å². The molecule has 0 saturated carbocycles. The predicted molar refractivity (Wildman–Crippen MR) is 64.1 cm³/mol. The molecule has 72 valence electrons. The van der Waals surface area contributed by atoms with Crippen LogP contribution in [0.4, 0.5) is 0 Å². The average molecular weight is 326 g/mol. The van der Waals surface area contributed by atoms with Gasteiger partial charge in [0, 0.05) is 9.35 Å². The number of allylic oxidation sites excluding steroid dienone is 1. The number of aliphatic hydroxyl groups is 1. The van der Waals surface area contributed by atoms with Gasteiger partial charge >= 0.3 is 0 Å². The minimum Gasteiger partial charge on any atom is -0.383 e. The van der Waals surface area contributed by atoms with E-state index in [1.54, 1.807) is 0 Å². The van der Waals surface area contributed by atoms with Crippen LogP contribution in [0, 0.1) is 0 Å². The number of thiophene rings is 1. The highest BCUT2D eigenvalue weighted by atomic mass is 79.9. The van der Waals surface area contributed by atoms with Gasteiger partial charge in [0.25, 0.3) is 0 Å². The largest absolute Gasteiger partial charge is 0.383 e. The van der Waals surface area contributed by atoms with Crippen LogP contribution in [0.2, 0.25) is 0 Å². The van der Waals surface area contributed by atoms with Gasteiger partial charge in [0.2, 0.25) is 0 Å². The van der Waals surface area contributed by atoms with E-state index in [1.165, 1.54) is 11.3 Å². The van der Waals surface area contributed by atoms with Gasteiger partial charge in [-0.25, -0.2) is 0 Å². The summed E-state index contributed by atoms with van der Waals surface area (Å²) in [5.41, 5.74) is 1.12. The molecule has 1 atom stereocenters. The summed E-state index contributed by atoms with van der Waals surface area (Å²) in [6, 6.07) is 1.93. The Kier molecular flexibility index (Phi) is 4.16. The molecule has 1 nitrogen and oxygen atoms in total. The van der Waals surface area contributed by atoms with E-state index in [-0.39, 0.29) is 0 Å². The van der Waals surface area contributed by atoms with Gasteiger partial charge in [-0.1, -0.05) is 11.6 Å². The number of rotatable bonds is 2. The fourth-order valence-corrected chi connectivity index (χ4v) is 2.95. The first-order chi connectivity index (χ1) is 6.00. The number of aliphatic hydroxyl groups excluding tert-OH is 1. The van der Waals surface area contributed by atoms with Crippen molar-refractivity contribution in [2.75, 3.05) is 0 Å². The summed E-state index contributed by atoms with van der Waals surface area (Å²) in [4.78, 5) is 0.944. The van der Waals surface area contributed by atoms with Crippen molar-refractivity contribution in [2.45, 2.75) is 20.0 Å². The van der Waals surface area contributed by atoms with Crippen molar-refractivity contribution in [3.8, 4) is 0 Å². The Morgan fingerprint density at radius 2 is 2.15 bits per heavy atom. The fourth-order valence-electron chi connectivity index (χ4n) is 0.907. The normalized spacial score (nSPS) is 12.7. The lowest BCUT2D eigenvalue weighted by molar-refractivity contribution is 0.231. The Morgan fingerprint density at radius 1 is 1.54 bits per heavy atom. The van der Waals surface area contributed by atoms with Crippen molar-refractivity contribution in [3.05, 3.63) is 30.9 Å². The number of hydrogen-bond donors (Lipinski definition) is 1. The highest BCUT2D eigenvalue weighted by molar-refractivity contribution is 9.13. The second-order valence-electron chi connectivity index (χ2n) is 2.96. The molecule has 0 aliphatic heterocycles. The molecule has 0 bridgehead atoms. The quantitative estimate of drug-likeness (QED) is 0.805. The van der Waals surface area contributed by atoms with Crippen LogP contribution >= 0.6 is 43.2 Å². The van der Waals surface area contributed by atoms with Crippen LogP contribution in [-0.2, 0) is 0 Å². The molecule has 0 fully saturated rings. The zero-order valence-electron chi connectivity index (χ0n) is 7.34. The van der Waals surface area contributed by atoms with Gasteiger partial charge in [-0.05, 0) is 51.8 Å². The molecule has 1 aromatic rings. The lowest BCUT2D eigenvalue weighted by atomic mass is 10.2. The molecule has 0 aliphatic carbocycles. The van der Waals surface area contributed by atoms with E-state index >= 15 is 0 Å². The van der Waals surface area contributed by atoms with Crippen LogP contribution in [0.15, 0.2) is 26.0 Å². The van der Waals surface area contributed by atoms with E-state index in [4.69, 9.17) is 0 Å². The van der Waals surface area contributed by atoms with Crippen LogP contribution in [0.1, 0.15) is 24.8 Å². The highest BCUT2D eigenvalue weighted by Crippen LogP contribution is 2.35. The van der Waals surface area contributed by atoms with Crippen molar-refractivity contribution >= 4 is 43.2 Å². The summed E-state index contributed by atoms with van der Waals surface area (Å²) >= 11 is 8.31. The Bertz CT molecular complexity index is 307. The van der Waals surface area contributed by atoms with Gasteiger partial charge in [0.15, 0.2) is 0 Å². The third-order valence-electron chi connectivity index (χ3n) is 1.45. The molecular formula is C9H10Br2OS. The van der Waals surface area contributed by atoms with E-state index in [2.05, 4.69) is 31.9 Å². The summed E-state index contributed by atoms with van der Waals surface area (Å²) in [7, 11) is 0. The topological polar surface area (TPSA) is 20.2 Å². The molecule has 13 heavy (non-hydrogen) atoms. The lowest BCUT2D eigenvalue weighted by Gasteiger charge is -2.01. The van der Waals surface area contributed by atoms with E-state index in [0.717, 1.165) is 18.7 Å². The van der Waals surface area contributed by atoms with Crippen molar-refractivity contribution in [3.63, 3.8) is 0 Å². The van der Waals surface area contributed by atoms with E-state index < -0.39 is 6.10 Å². The van der Waals surface area contributed by atoms with Gasteiger partial charge in [-0.3, -0.25) is 0 Å². The van der Waals surface area contributed by atoms with Crippen molar-refractivity contribution in [1.82, 2.24) is 0 Å². The second kappa shape index (κ2) is 4.73. The molecular weight excluding hydrogens is 316 g/mol. The Labute approximate surface area is 98.7 Å². The zero-order chi connectivity index (χ0) is 10.0. The number of halogens is 2. The molecule has 0 spiro atoms.